The van der Waals surface area contributed by atoms with Crippen molar-refractivity contribution >= 4 is 11.4 Å². The van der Waals surface area contributed by atoms with Gasteiger partial charge in [-0.05, 0) is 30.9 Å². The van der Waals surface area contributed by atoms with E-state index in [1.165, 1.54) is 12.5 Å². The van der Waals surface area contributed by atoms with Gasteiger partial charge in [-0.1, -0.05) is 4.70 Å². The van der Waals surface area contributed by atoms with Gasteiger partial charge in [-0.2, -0.15) is 0 Å². The zero-order valence-corrected chi connectivity index (χ0v) is 10.4. The summed E-state index contributed by atoms with van der Waals surface area (Å²) in [5.41, 5.74) is 1.02. The maximum atomic E-state index is 10.8. The molecule has 0 aromatic heterocycles. The van der Waals surface area contributed by atoms with E-state index in [1.807, 2.05) is 10.8 Å². The third-order valence-electron chi connectivity index (χ3n) is 3.93. The molecule has 5 heteroatoms. The van der Waals surface area contributed by atoms with Gasteiger partial charge in [0, 0.05) is 25.0 Å². The van der Waals surface area contributed by atoms with Crippen molar-refractivity contribution in [3.63, 3.8) is 0 Å². The van der Waals surface area contributed by atoms with E-state index in [0.29, 0.717) is 6.04 Å². The predicted molar refractivity (Wildman–Crippen MR) is 66.1 cm³/mol. The molecule has 1 aromatic carbocycles. The number of non-ortho nitro benzene ring substituents is 1. The largest absolute Gasteiger partial charge is 0.276 e. The van der Waals surface area contributed by atoms with Crippen LogP contribution in [0.5, 0.6) is 0 Å². The molecule has 1 saturated carbocycles. The van der Waals surface area contributed by atoms with Crippen molar-refractivity contribution in [2.45, 2.75) is 44.2 Å². The predicted octanol–water partition coefficient (Wildman–Crippen LogP) is 3.41. The Morgan fingerprint density at radius 1 is 1.56 bits per heavy atom. The zero-order chi connectivity index (χ0) is 12.8. The highest BCUT2D eigenvalue weighted by atomic mass is 16.6. The average molecular weight is 246 g/mol. The first kappa shape index (κ1) is 11.3. The Bertz CT molecular complexity index is 541. The van der Waals surface area contributed by atoms with Crippen LogP contribution >= 0.6 is 0 Å². The average Bonchev–Trinajstić information content (AvgIpc) is 2.59. The molecule has 1 aliphatic heterocycles. The standard InChI is InChI=1S/C13H16N3O2/c1-13-7-3-6-12(9-13)15(14-13)10-4-2-5-11(8-10)16(17)18/h2,4-5,8,12H,3,6-7,9H2,1H3/q+1/t12-,13+/m1/s1. The lowest BCUT2D eigenvalue weighted by molar-refractivity contribution is -0.538. The summed E-state index contributed by atoms with van der Waals surface area (Å²) in [5.74, 6) is 0. The lowest BCUT2D eigenvalue weighted by atomic mass is 9.83. The maximum Gasteiger partial charge on any atom is 0.276 e. The van der Waals surface area contributed by atoms with Crippen molar-refractivity contribution < 1.29 is 9.62 Å². The summed E-state index contributed by atoms with van der Waals surface area (Å²) in [6.45, 7) is 2.18. The van der Waals surface area contributed by atoms with Crippen LogP contribution in [0.1, 0.15) is 32.6 Å². The summed E-state index contributed by atoms with van der Waals surface area (Å²) < 4.78 is 2.00. The minimum absolute atomic E-state index is 0.0353. The molecule has 0 unspecified atom stereocenters. The fourth-order valence-electron chi connectivity index (χ4n) is 3.09. The highest BCUT2D eigenvalue weighted by Crippen LogP contribution is 2.41. The number of hydrogen-bond acceptors (Lipinski definition) is 3. The van der Waals surface area contributed by atoms with Gasteiger partial charge in [0.25, 0.3) is 5.69 Å². The van der Waals surface area contributed by atoms with Gasteiger partial charge >= 0.3 is 0 Å². The summed E-state index contributed by atoms with van der Waals surface area (Å²) in [6.07, 6.45) is 4.50. The zero-order valence-electron chi connectivity index (χ0n) is 10.4. The van der Waals surface area contributed by atoms with Crippen LogP contribution in [0.3, 0.4) is 0 Å². The third-order valence-corrected chi connectivity index (χ3v) is 3.93. The van der Waals surface area contributed by atoms with Crippen LogP contribution in [0.2, 0.25) is 0 Å². The van der Waals surface area contributed by atoms with Crippen molar-refractivity contribution in [1.82, 2.24) is 0 Å². The molecule has 1 aromatic rings. The Hall–Kier alpha value is -1.78. The molecule has 2 aliphatic rings. The molecule has 18 heavy (non-hydrogen) atoms. The second-order valence-corrected chi connectivity index (χ2v) is 5.47. The van der Waals surface area contributed by atoms with Gasteiger partial charge in [0.05, 0.1) is 11.0 Å². The van der Waals surface area contributed by atoms with Gasteiger partial charge in [-0.25, -0.2) is 0 Å². The van der Waals surface area contributed by atoms with Gasteiger partial charge in [0.2, 0.25) is 5.69 Å². The van der Waals surface area contributed by atoms with Crippen LogP contribution in [0.4, 0.5) is 11.4 Å². The normalized spacial score (nSPS) is 30.1. The van der Waals surface area contributed by atoms with Crippen molar-refractivity contribution in [2.24, 2.45) is 5.11 Å². The van der Waals surface area contributed by atoms with E-state index in [2.05, 4.69) is 6.92 Å². The lowest BCUT2D eigenvalue weighted by Crippen LogP contribution is -2.27. The SMILES string of the molecule is C[C@]12CCC[C@H](C1)[N+](c1cccc([N+](=O)[O-])c1)=N2. The van der Waals surface area contributed by atoms with E-state index in [9.17, 15) is 10.1 Å². The van der Waals surface area contributed by atoms with Gasteiger partial charge in [-0.3, -0.25) is 10.1 Å². The van der Waals surface area contributed by atoms with Crippen LogP contribution in [0.15, 0.2) is 29.4 Å². The maximum absolute atomic E-state index is 10.8. The molecule has 1 heterocycles. The van der Waals surface area contributed by atoms with E-state index in [4.69, 9.17) is 5.11 Å². The van der Waals surface area contributed by atoms with Crippen molar-refractivity contribution in [3.8, 4) is 0 Å². The number of nitrogens with zero attached hydrogens (tertiary/aromatic N) is 3. The smallest absolute Gasteiger partial charge is 0.258 e. The van der Waals surface area contributed by atoms with Crippen LogP contribution in [-0.4, -0.2) is 21.2 Å². The Morgan fingerprint density at radius 2 is 2.39 bits per heavy atom. The number of azo groups is 2. The summed E-state index contributed by atoms with van der Waals surface area (Å²) in [7, 11) is 0. The number of nitro benzene ring substituents is 1. The molecule has 2 atom stereocenters. The van der Waals surface area contributed by atoms with E-state index >= 15 is 0 Å². The molecular formula is C13H16N3O2+. The van der Waals surface area contributed by atoms with E-state index in [0.717, 1.165) is 24.9 Å². The minimum atomic E-state index is -0.354. The second-order valence-electron chi connectivity index (χ2n) is 5.47. The second kappa shape index (κ2) is 3.86. The van der Waals surface area contributed by atoms with E-state index in [-0.39, 0.29) is 16.1 Å². The van der Waals surface area contributed by atoms with Crippen molar-refractivity contribution in [3.05, 3.63) is 34.4 Å². The topological polar surface area (TPSA) is 58.5 Å². The molecule has 5 nitrogen and oxygen atoms in total. The Labute approximate surface area is 105 Å². The summed E-state index contributed by atoms with van der Waals surface area (Å²) in [6, 6.07) is 7.18. The Kier molecular flexibility index (Phi) is 2.43. The van der Waals surface area contributed by atoms with Gasteiger partial charge in [0.15, 0.2) is 6.04 Å². The molecule has 1 aliphatic carbocycles. The molecule has 0 radical (unpaired) electrons. The number of nitro groups is 1. The Morgan fingerprint density at radius 3 is 3.11 bits per heavy atom. The molecule has 1 fully saturated rings. The lowest BCUT2D eigenvalue weighted by Gasteiger charge is -2.20. The monoisotopic (exact) mass is 246 g/mol. The third kappa shape index (κ3) is 1.79. The van der Waals surface area contributed by atoms with Crippen LogP contribution < -0.4 is 0 Å². The van der Waals surface area contributed by atoms with Crippen LogP contribution in [0, 0.1) is 10.1 Å². The molecule has 0 saturated heterocycles. The quantitative estimate of drug-likeness (QED) is 0.456. The molecule has 0 N–H and O–H groups in total. The number of hydrogen-bond donors (Lipinski definition) is 0. The first-order chi connectivity index (χ1) is 8.57. The molecule has 2 bridgehead atoms. The molecule has 3 rings (SSSR count). The van der Waals surface area contributed by atoms with Gasteiger partial charge in [-0.15, -0.1) is 0 Å². The number of rotatable bonds is 2. The van der Waals surface area contributed by atoms with Gasteiger partial charge in [0.1, 0.15) is 5.54 Å². The summed E-state index contributed by atoms with van der Waals surface area (Å²) in [4.78, 5) is 10.5. The number of benzene rings is 1. The van der Waals surface area contributed by atoms with Crippen molar-refractivity contribution in [2.75, 3.05) is 0 Å². The summed E-state index contributed by atoms with van der Waals surface area (Å²) >= 11 is 0. The fourth-order valence-corrected chi connectivity index (χ4v) is 3.09. The highest BCUT2D eigenvalue weighted by molar-refractivity contribution is 5.42. The molecule has 94 valence electrons. The highest BCUT2D eigenvalue weighted by Gasteiger charge is 2.48. The minimum Gasteiger partial charge on any atom is -0.258 e. The van der Waals surface area contributed by atoms with Crippen LogP contribution in [0.25, 0.3) is 0 Å². The van der Waals surface area contributed by atoms with Crippen molar-refractivity contribution in [1.29, 1.82) is 0 Å². The molecular weight excluding hydrogens is 230 g/mol. The van der Waals surface area contributed by atoms with Crippen LogP contribution in [-0.2, 0) is 0 Å². The fraction of sp³-hybridized carbons (Fsp3) is 0.538. The molecule has 0 amide bonds. The molecule has 0 spiro atoms. The summed E-state index contributed by atoms with van der Waals surface area (Å²) in [5, 5.41) is 15.6. The van der Waals surface area contributed by atoms with Gasteiger partial charge < -0.3 is 0 Å². The first-order valence-electron chi connectivity index (χ1n) is 6.34. The Balaban J connectivity index is 2.00. The first-order valence-corrected chi connectivity index (χ1v) is 6.34. The number of fused-ring (bicyclic) bond motifs is 2. The van der Waals surface area contributed by atoms with E-state index in [1.54, 1.807) is 12.1 Å². The van der Waals surface area contributed by atoms with E-state index < -0.39 is 0 Å².